The third-order valence-corrected chi connectivity index (χ3v) is 3.84. The summed E-state index contributed by atoms with van der Waals surface area (Å²) in [6.45, 7) is 8.09. The van der Waals surface area contributed by atoms with E-state index >= 15 is 0 Å². The Morgan fingerprint density at radius 1 is 1.30 bits per heavy atom. The van der Waals surface area contributed by atoms with Crippen LogP contribution in [0.2, 0.25) is 19.6 Å². The quantitative estimate of drug-likeness (QED) is 0.328. The lowest BCUT2D eigenvalue weighted by atomic mass is 9.90. The van der Waals surface area contributed by atoms with Crippen LogP contribution in [-0.4, -0.2) is 19.3 Å². The summed E-state index contributed by atoms with van der Waals surface area (Å²) >= 11 is 0. The van der Waals surface area contributed by atoms with Crippen LogP contribution in [0.25, 0.3) is 0 Å². The van der Waals surface area contributed by atoms with Crippen molar-refractivity contribution in [1.82, 2.24) is 0 Å². The summed E-state index contributed by atoms with van der Waals surface area (Å²) in [6.07, 6.45) is 3.96. The van der Waals surface area contributed by atoms with Crippen molar-refractivity contribution < 1.29 is 9.35 Å². The van der Waals surface area contributed by atoms with Crippen molar-refractivity contribution in [2.75, 3.05) is 0 Å². The van der Waals surface area contributed by atoms with E-state index < -0.39 is 14.4 Å². The molecular weight excluding hydrogens is 270 g/mol. The molecule has 0 spiro atoms. The van der Waals surface area contributed by atoms with Crippen molar-refractivity contribution in [3.8, 4) is 0 Å². The molecule has 1 rings (SSSR count). The minimum atomic E-state index is -1.65. The molecule has 0 N–H and O–H groups in total. The van der Waals surface area contributed by atoms with Gasteiger partial charge < -0.3 is 4.43 Å². The van der Waals surface area contributed by atoms with E-state index in [1.165, 1.54) is 0 Å². The van der Waals surface area contributed by atoms with E-state index in [2.05, 4.69) is 19.6 Å². The van der Waals surface area contributed by atoms with E-state index in [4.69, 9.17) is 4.43 Å². The van der Waals surface area contributed by atoms with Crippen molar-refractivity contribution in [3.63, 3.8) is 0 Å². The fourth-order valence-electron chi connectivity index (χ4n) is 2.00. The molecule has 0 amide bonds. The van der Waals surface area contributed by atoms with E-state index in [1.54, 1.807) is 6.26 Å². The number of nitrogens with zero attached hydrogens (tertiary/aromatic N) is 1. The minimum Gasteiger partial charge on any atom is -0.550 e. The van der Waals surface area contributed by atoms with Crippen molar-refractivity contribution in [3.05, 3.63) is 58.3 Å². The zero-order valence-corrected chi connectivity index (χ0v) is 13.6. The molecule has 0 radical (unpaired) electrons. The van der Waals surface area contributed by atoms with Gasteiger partial charge in [0.1, 0.15) is 0 Å². The molecule has 4 nitrogen and oxygen atoms in total. The first-order chi connectivity index (χ1) is 9.35. The van der Waals surface area contributed by atoms with E-state index in [0.29, 0.717) is 6.42 Å². The molecule has 0 saturated carbocycles. The van der Waals surface area contributed by atoms with Crippen LogP contribution in [0.5, 0.6) is 0 Å². The molecule has 2 atom stereocenters. The van der Waals surface area contributed by atoms with Crippen LogP contribution in [0.15, 0.2) is 42.7 Å². The van der Waals surface area contributed by atoms with Gasteiger partial charge in [-0.05, 0) is 31.3 Å². The Hall–Kier alpha value is -1.62. The average Bonchev–Trinajstić information content (AvgIpc) is 2.37. The van der Waals surface area contributed by atoms with Gasteiger partial charge in [0.25, 0.3) is 0 Å². The van der Waals surface area contributed by atoms with Gasteiger partial charge in [0.2, 0.25) is 14.4 Å². The SMILES string of the molecule is CC[C@H]([C@@H](/C=C/O[Si](C)(C)C)c1ccccc1)[N+](=O)[O-]. The maximum Gasteiger partial charge on any atom is 0.241 e. The second-order valence-electron chi connectivity index (χ2n) is 5.76. The van der Waals surface area contributed by atoms with Gasteiger partial charge in [-0.25, -0.2) is 0 Å². The van der Waals surface area contributed by atoms with Gasteiger partial charge in [0, 0.05) is 11.3 Å². The molecule has 1 aromatic rings. The van der Waals surface area contributed by atoms with Crippen LogP contribution in [-0.2, 0) is 4.43 Å². The third kappa shape index (κ3) is 5.17. The second kappa shape index (κ2) is 7.24. The number of nitro groups is 1. The molecule has 0 fully saturated rings. The predicted molar refractivity (Wildman–Crippen MR) is 83.8 cm³/mol. The molecule has 0 saturated heterocycles. The van der Waals surface area contributed by atoms with E-state index in [1.807, 2.05) is 43.3 Å². The van der Waals surface area contributed by atoms with Crippen LogP contribution >= 0.6 is 0 Å². The third-order valence-electron chi connectivity index (χ3n) is 3.00. The molecule has 20 heavy (non-hydrogen) atoms. The Bertz CT molecular complexity index is 454. The number of hydrogen-bond donors (Lipinski definition) is 0. The fourth-order valence-corrected chi connectivity index (χ4v) is 2.49. The van der Waals surface area contributed by atoms with E-state index in [0.717, 1.165) is 5.56 Å². The highest BCUT2D eigenvalue weighted by molar-refractivity contribution is 6.69. The van der Waals surface area contributed by atoms with Crippen molar-refractivity contribution >= 4 is 8.32 Å². The van der Waals surface area contributed by atoms with Crippen LogP contribution in [0.4, 0.5) is 0 Å². The first kappa shape index (κ1) is 16.4. The fraction of sp³-hybridized carbons (Fsp3) is 0.467. The molecule has 0 heterocycles. The lowest BCUT2D eigenvalue weighted by molar-refractivity contribution is -0.525. The molecule has 110 valence electrons. The Kier molecular flexibility index (Phi) is 5.95. The van der Waals surface area contributed by atoms with Gasteiger partial charge in [-0.15, -0.1) is 0 Å². The van der Waals surface area contributed by atoms with Crippen molar-refractivity contribution in [2.24, 2.45) is 0 Å². The van der Waals surface area contributed by atoms with Crippen LogP contribution in [0, 0.1) is 10.1 Å². The average molecular weight is 293 g/mol. The number of benzene rings is 1. The largest absolute Gasteiger partial charge is 0.550 e. The van der Waals surface area contributed by atoms with Gasteiger partial charge in [-0.2, -0.15) is 0 Å². The smallest absolute Gasteiger partial charge is 0.241 e. The highest BCUT2D eigenvalue weighted by Gasteiger charge is 2.29. The van der Waals surface area contributed by atoms with Gasteiger partial charge in [-0.1, -0.05) is 37.3 Å². The standard InChI is InChI=1S/C15H23NO3Si/c1-5-15(16(17)18)14(11-12-19-20(2,3)4)13-9-7-6-8-10-13/h6-12,14-15H,5H2,1-4H3/b12-11+/t14-,15+/m0/s1. The lowest BCUT2D eigenvalue weighted by Gasteiger charge is -2.19. The molecule has 0 aliphatic carbocycles. The summed E-state index contributed by atoms with van der Waals surface area (Å²) in [7, 11) is -1.65. The van der Waals surface area contributed by atoms with Crippen LogP contribution in [0.3, 0.4) is 0 Å². The predicted octanol–water partition coefficient (Wildman–Crippen LogP) is 4.19. The zero-order valence-electron chi connectivity index (χ0n) is 12.6. The van der Waals surface area contributed by atoms with Crippen molar-refractivity contribution in [1.29, 1.82) is 0 Å². The Morgan fingerprint density at radius 2 is 1.90 bits per heavy atom. The maximum atomic E-state index is 11.2. The summed E-state index contributed by atoms with van der Waals surface area (Å²) < 4.78 is 5.69. The maximum absolute atomic E-state index is 11.2. The van der Waals surface area contributed by atoms with Gasteiger partial charge in [-0.3, -0.25) is 10.1 Å². The summed E-state index contributed by atoms with van der Waals surface area (Å²) in [5, 5.41) is 11.2. The molecule has 0 aliphatic rings. The Morgan fingerprint density at radius 3 is 2.35 bits per heavy atom. The molecule has 0 aromatic heterocycles. The summed E-state index contributed by atoms with van der Waals surface area (Å²) in [6, 6.07) is 8.95. The molecule has 0 bridgehead atoms. The van der Waals surface area contributed by atoms with Gasteiger partial charge >= 0.3 is 0 Å². The Balaban J connectivity index is 2.99. The number of rotatable bonds is 7. The molecule has 0 unspecified atom stereocenters. The first-order valence-corrected chi connectivity index (χ1v) is 10.3. The second-order valence-corrected chi connectivity index (χ2v) is 10.2. The molecule has 1 aromatic carbocycles. The van der Waals surface area contributed by atoms with E-state index in [9.17, 15) is 10.1 Å². The van der Waals surface area contributed by atoms with Crippen molar-refractivity contribution in [2.45, 2.75) is 44.9 Å². The first-order valence-electron chi connectivity index (χ1n) is 6.88. The highest BCUT2D eigenvalue weighted by Crippen LogP contribution is 2.25. The molecular formula is C15H23NO3Si. The summed E-state index contributed by atoms with van der Waals surface area (Å²) in [4.78, 5) is 11.0. The molecule has 0 aliphatic heterocycles. The highest BCUT2D eigenvalue weighted by atomic mass is 28.4. The molecule has 5 heteroatoms. The normalized spacial score (nSPS) is 15.0. The Labute approximate surface area is 121 Å². The topological polar surface area (TPSA) is 52.4 Å². The summed E-state index contributed by atoms with van der Waals surface area (Å²) in [5.41, 5.74) is 0.950. The van der Waals surface area contributed by atoms with Crippen LogP contribution in [0.1, 0.15) is 24.8 Å². The lowest BCUT2D eigenvalue weighted by Crippen LogP contribution is -2.26. The summed E-state index contributed by atoms with van der Waals surface area (Å²) in [5.74, 6) is -0.257. The van der Waals surface area contributed by atoms with E-state index in [-0.39, 0.29) is 10.8 Å². The minimum absolute atomic E-state index is 0.198. The zero-order chi connectivity index (χ0) is 15.2. The monoisotopic (exact) mass is 293 g/mol. The van der Waals surface area contributed by atoms with Gasteiger partial charge in [0.05, 0.1) is 12.2 Å². The van der Waals surface area contributed by atoms with Gasteiger partial charge in [0.15, 0.2) is 0 Å². The number of hydrogen-bond acceptors (Lipinski definition) is 3. The van der Waals surface area contributed by atoms with Crippen LogP contribution < -0.4 is 0 Å².